The maximum atomic E-state index is 11.4. The van der Waals surface area contributed by atoms with Crippen molar-refractivity contribution in [2.75, 3.05) is 0 Å². The molecule has 27 heavy (non-hydrogen) atoms. The van der Waals surface area contributed by atoms with E-state index in [-0.39, 0.29) is 12.2 Å². The normalized spacial score (nSPS) is 11.1. The molecule has 0 unspecified atom stereocenters. The molecule has 1 heterocycles. The molecular weight excluding hydrogens is 344 g/mol. The van der Waals surface area contributed by atoms with E-state index < -0.39 is 11.9 Å². The molecule has 4 aromatic rings. The Kier molecular flexibility index (Phi) is 3.90. The van der Waals surface area contributed by atoms with Gasteiger partial charge in [-0.1, -0.05) is 18.2 Å². The minimum absolute atomic E-state index is 0.0988. The summed E-state index contributed by atoms with van der Waals surface area (Å²) in [5, 5.41) is 20.7. The van der Waals surface area contributed by atoms with Gasteiger partial charge in [0.05, 0.1) is 23.2 Å². The minimum Gasteiger partial charge on any atom is -0.478 e. The number of aliphatic hydroxyl groups excluding tert-OH is 1. The number of carbonyl (C=O) groups excluding carboxylic acids is 1. The molecule has 4 rings (SSSR count). The number of hydrogen-bond donors (Lipinski definition) is 3. The summed E-state index contributed by atoms with van der Waals surface area (Å²) in [6, 6.07) is 17.4. The van der Waals surface area contributed by atoms with Crippen molar-refractivity contribution in [3.8, 4) is 5.69 Å². The standard InChI is InChI=1S/C21H16N2O4/c22-20(25)13-2-5-15(6-3-13)23-18-9-12(11-24)1-7-16(18)17-8-4-14(21(26)27)10-19(17)23/h1-10,24H,11H2,(H2,22,25)(H,26,27). The third kappa shape index (κ3) is 2.72. The van der Waals surface area contributed by atoms with Gasteiger partial charge in [0.1, 0.15) is 0 Å². The maximum absolute atomic E-state index is 11.4. The van der Waals surface area contributed by atoms with E-state index in [1.54, 1.807) is 42.5 Å². The average molecular weight is 360 g/mol. The minimum atomic E-state index is -1.01. The summed E-state index contributed by atoms with van der Waals surface area (Å²) in [7, 11) is 0. The summed E-state index contributed by atoms with van der Waals surface area (Å²) >= 11 is 0. The highest BCUT2D eigenvalue weighted by molar-refractivity contribution is 6.11. The van der Waals surface area contributed by atoms with Gasteiger partial charge in [-0.05, 0) is 48.0 Å². The van der Waals surface area contributed by atoms with Crippen molar-refractivity contribution in [1.82, 2.24) is 4.57 Å². The molecule has 0 aliphatic carbocycles. The van der Waals surface area contributed by atoms with Crippen LogP contribution >= 0.6 is 0 Å². The second kappa shape index (κ2) is 6.26. The van der Waals surface area contributed by atoms with Crippen LogP contribution in [0.5, 0.6) is 0 Å². The van der Waals surface area contributed by atoms with E-state index in [0.717, 1.165) is 33.1 Å². The summed E-state index contributed by atoms with van der Waals surface area (Å²) in [6.45, 7) is -0.0988. The van der Waals surface area contributed by atoms with E-state index in [4.69, 9.17) is 5.73 Å². The predicted molar refractivity (Wildman–Crippen MR) is 102 cm³/mol. The topological polar surface area (TPSA) is 106 Å². The average Bonchev–Trinajstić information content (AvgIpc) is 3.00. The fourth-order valence-electron chi connectivity index (χ4n) is 3.35. The second-order valence-electron chi connectivity index (χ2n) is 6.29. The Morgan fingerprint density at radius 2 is 1.44 bits per heavy atom. The van der Waals surface area contributed by atoms with Gasteiger partial charge in [0.15, 0.2) is 0 Å². The zero-order valence-electron chi connectivity index (χ0n) is 14.2. The van der Waals surface area contributed by atoms with Crippen LogP contribution in [0.25, 0.3) is 27.5 Å². The van der Waals surface area contributed by atoms with Crippen molar-refractivity contribution in [2.24, 2.45) is 5.73 Å². The largest absolute Gasteiger partial charge is 0.478 e. The van der Waals surface area contributed by atoms with E-state index >= 15 is 0 Å². The van der Waals surface area contributed by atoms with Gasteiger partial charge in [0, 0.05) is 22.0 Å². The number of rotatable bonds is 4. The van der Waals surface area contributed by atoms with E-state index in [1.165, 1.54) is 0 Å². The number of nitrogens with two attached hydrogens (primary N) is 1. The molecule has 134 valence electrons. The number of fused-ring (bicyclic) bond motifs is 3. The summed E-state index contributed by atoms with van der Waals surface area (Å²) in [6.07, 6.45) is 0. The van der Waals surface area contributed by atoms with Crippen LogP contribution in [0.15, 0.2) is 60.7 Å². The first-order chi connectivity index (χ1) is 13.0. The number of aromatic nitrogens is 1. The molecule has 0 atom stereocenters. The Hall–Kier alpha value is -3.64. The molecule has 6 nitrogen and oxygen atoms in total. The van der Waals surface area contributed by atoms with Crippen molar-refractivity contribution in [3.63, 3.8) is 0 Å². The number of carbonyl (C=O) groups is 2. The van der Waals surface area contributed by atoms with Crippen LogP contribution in [0.3, 0.4) is 0 Å². The molecule has 0 radical (unpaired) electrons. The lowest BCUT2D eigenvalue weighted by atomic mass is 10.1. The Labute approximate surface area is 154 Å². The van der Waals surface area contributed by atoms with Gasteiger partial charge < -0.3 is 20.5 Å². The highest BCUT2D eigenvalue weighted by Gasteiger charge is 2.15. The lowest BCUT2D eigenvalue weighted by molar-refractivity contribution is 0.0696. The summed E-state index contributed by atoms with van der Waals surface area (Å²) in [5.41, 5.74) is 8.97. The molecule has 0 aliphatic heterocycles. The van der Waals surface area contributed by atoms with E-state index in [2.05, 4.69) is 0 Å². The SMILES string of the molecule is NC(=O)c1ccc(-n2c3cc(CO)ccc3c3ccc(C(=O)O)cc32)cc1. The quantitative estimate of drug-likeness (QED) is 0.520. The summed E-state index contributed by atoms with van der Waals surface area (Å²) in [5.74, 6) is -1.52. The molecule has 0 saturated carbocycles. The monoisotopic (exact) mass is 360 g/mol. The van der Waals surface area contributed by atoms with Crippen molar-refractivity contribution in [1.29, 1.82) is 0 Å². The second-order valence-corrected chi connectivity index (χ2v) is 6.29. The van der Waals surface area contributed by atoms with Crippen molar-refractivity contribution >= 4 is 33.7 Å². The fourth-order valence-corrected chi connectivity index (χ4v) is 3.35. The predicted octanol–water partition coefficient (Wildman–Crippen LogP) is 3.07. The lowest BCUT2D eigenvalue weighted by Crippen LogP contribution is -2.10. The van der Waals surface area contributed by atoms with Crippen LogP contribution < -0.4 is 5.73 Å². The number of aromatic carboxylic acids is 1. The molecular formula is C21H16N2O4. The van der Waals surface area contributed by atoms with Gasteiger partial charge in [-0.25, -0.2) is 4.79 Å². The van der Waals surface area contributed by atoms with Gasteiger partial charge >= 0.3 is 5.97 Å². The first-order valence-corrected chi connectivity index (χ1v) is 8.31. The van der Waals surface area contributed by atoms with Crippen LogP contribution in [0.2, 0.25) is 0 Å². The van der Waals surface area contributed by atoms with Gasteiger partial charge in [-0.2, -0.15) is 0 Å². The molecule has 0 saturated heterocycles. The Morgan fingerprint density at radius 3 is 2.04 bits per heavy atom. The molecule has 6 heteroatoms. The van der Waals surface area contributed by atoms with Crippen molar-refractivity contribution in [3.05, 3.63) is 77.4 Å². The molecule has 1 amide bonds. The van der Waals surface area contributed by atoms with Crippen molar-refractivity contribution in [2.45, 2.75) is 6.61 Å². The first-order valence-electron chi connectivity index (χ1n) is 8.31. The number of hydrogen-bond acceptors (Lipinski definition) is 3. The fraction of sp³-hybridized carbons (Fsp3) is 0.0476. The number of primary amides is 1. The maximum Gasteiger partial charge on any atom is 0.335 e. The third-order valence-electron chi connectivity index (χ3n) is 4.67. The molecule has 0 fully saturated rings. The number of benzene rings is 3. The lowest BCUT2D eigenvalue weighted by Gasteiger charge is -2.09. The summed E-state index contributed by atoms with van der Waals surface area (Å²) in [4.78, 5) is 22.8. The first kappa shape index (κ1) is 16.8. The Morgan fingerprint density at radius 1 is 0.852 bits per heavy atom. The number of carboxylic acid groups (broad SMARTS) is 1. The number of amides is 1. The van der Waals surface area contributed by atoms with Crippen LogP contribution in [0.1, 0.15) is 26.3 Å². The third-order valence-corrected chi connectivity index (χ3v) is 4.67. The highest BCUT2D eigenvalue weighted by atomic mass is 16.4. The molecule has 0 bridgehead atoms. The smallest absolute Gasteiger partial charge is 0.335 e. The van der Waals surface area contributed by atoms with Gasteiger partial charge in [0.25, 0.3) is 0 Å². The zero-order chi connectivity index (χ0) is 19.1. The van der Waals surface area contributed by atoms with Gasteiger partial charge in [-0.15, -0.1) is 0 Å². The van der Waals surface area contributed by atoms with Crippen LogP contribution in [-0.2, 0) is 6.61 Å². The number of nitrogens with zero attached hydrogens (tertiary/aromatic N) is 1. The van der Waals surface area contributed by atoms with E-state index in [9.17, 15) is 19.8 Å². The van der Waals surface area contributed by atoms with Crippen molar-refractivity contribution < 1.29 is 19.8 Å². The van der Waals surface area contributed by atoms with Gasteiger partial charge in [-0.3, -0.25) is 4.79 Å². The van der Waals surface area contributed by atoms with Crippen LogP contribution in [0, 0.1) is 0 Å². The number of carboxylic acids is 1. The molecule has 0 aliphatic rings. The van der Waals surface area contributed by atoms with Crippen LogP contribution in [0.4, 0.5) is 0 Å². The molecule has 1 aromatic heterocycles. The summed E-state index contributed by atoms with van der Waals surface area (Å²) < 4.78 is 1.92. The van der Waals surface area contributed by atoms with E-state index in [0.29, 0.717) is 5.56 Å². The van der Waals surface area contributed by atoms with E-state index in [1.807, 2.05) is 22.8 Å². The Bertz CT molecular complexity index is 1210. The van der Waals surface area contributed by atoms with Gasteiger partial charge in [0.2, 0.25) is 5.91 Å². The molecule has 4 N–H and O–H groups in total. The molecule has 3 aromatic carbocycles. The van der Waals surface area contributed by atoms with Crippen LogP contribution in [-0.4, -0.2) is 26.7 Å². The molecule has 0 spiro atoms. The highest BCUT2D eigenvalue weighted by Crippen LogP contribution is 2.33. The number of aliphatic hydroxyl groups is 1. The zero-order valence-corrected chi connectivity index (χ0v) is 14.2. The Balaban J connectivity index is 2.08.